The number of aliphatic hydroxyl groups is 1. The molecule has 0 aliphatic heterocycles. The zero-order chi connectivity index (χ0) is 15.6. The van der Waals surface area contributed by atoms with E-state index < -0.39 is 22.2 Å². The van der Waals surface area contributed by atoms with Gasteiger partial charge >= 0.3 is 0 Å². The molecule has 0 bridgehead atoms. The maximum absolute atomic E-state index is 12.3. The summed E-state index contributed by atoms with van der Waals surface area (Å²) in [6.45, 7) is 0. The van der Waals surface area contributed by atoms with Crippen molar-refractivity contribution in [1.82, 2.24) is 4.72 Å². The summed E-state index contributed by atoms with van der Waals surface area (Å²) in [4.78, 5) is 0. The Kier molecular flexibility index (Phi) is 4.29. The van der Waals surface area contributed by atoms with Crippen molar-refractivity contribution in [2.75, 3.05) is 0 Å². The van der Waals surface area contributed by atoms with E-state index in [1.165, 1.54) is 0 Å². The van der Waals surface area contributed by atoms with Gasteiger partial charge in [0, 0.05) is 0 Å². The van der Waals surface area contributed by atoms with E-state index in [4.69, 9.17) is 0 Å². The van der Waals surface area contributed by atoms with Crippen LogP contribution in [0.25, 0.3) is 0 Å². The summed E-state index contributed by atoms with van der Waals surface area (Å²) in [5, 5.41) is 10.4. The molecule has 1 aliphatic carbocycles. The van der Waals surface area contributed by atoms with Gasteiger partial charge in [-0.2, -0.15) is 0 Å². The molecule has 0 heterocycles. The summed E-state index contributed by atoms with van der Waals surface area (Å²) in [7, 11) is -3.40. The van der Waals surface area contributed by atoms with Gasteiger partial charge in [-0.15, -0.1) is 0 Å². The molecule has 2 atom stereocenters. The van der Waals surface area contributed by atoms with Gasteiger partial charge < -0.3 is 5.11 Å². The molecule has 22 heavy (non-hydrogen) atoms. The van der Waals surface area contributed by atoms with Crippen LogP contribution in [0, 0.1) is 0 Å². The van der Waals surface area contributed by atoms with Crippen LogP contribution in [-0.2, 0) is 10.0 Å². The molecule has 1 aliphatic rings. The lowest BCUT2D eigenvalue weighted by Gasteiger charge is -2.25. The zero-order valence-electron chi connectivity index (χ0n) is 12.1. The lowest BCUT2D eigenvalue weighted by atomic mass is 9.97. The summed E-state index contributed by atoms with van der Waals surface area (Å²) in [5.41, 5.74) is 1.44. The van der Waals surface area contributed by atoms with Crippen LogP contribution in [-0.4, -0.2) is 18.8 Å². The highest BCUT2D eigenvalue weighted by Gasteiger charge is 2.38. The van der Waals surface area contributed by atoms with Crippen molar-refractivity contribution >= 4 is 10.0 Å². The molecule has 2 aromatic rings. The smallest absolute Gasteiger partial charge is 0.215 e. The molecular weight excluding hydrogens is 298 g/mol. The van der Waals surface area contributed by atoms with Gasteiger partial charge in [0.1, 0.15) is 0 Å². The van der Waals surface area contributed by atoms with Gasteiger partial charge in [-0.1, -0.05) is 60.7 Å². The molecule has 4 nitrogen and oxygen atoms in total. The summed E-state index contributed by atoms with van der Waals surface area (Å²) >= 11 is 0. The molecule has 0 amide bonds. The Morgan fingerprint density at radius 1 is 0.909 bits per heavy atom. The van der Waals surface area contributed by atoms with Gasteiger partial charge in [0.05, 0.1) is 17.4 Å². The first-order valence-electron chi connectivity index (χ1n) is 7.37. The maximum Gasteiger partial charge on any atom is 0.215 e. The normalized spacial score (nSPS) is 17.9. The van der Waals surface area contributed by atoms with Crippen LogP contribution < -0.4 is 4.72 Å². The van der Waals surface area contributed by atoms with Crippen molar-refractivity contribution in [2.45, 2.75) is 30.2 Å². The van der Waals surface area contributed by atoms with Crippen LogP contribution in [0.1, 0.15) is 36.1 Å². The predicted octanol–water partition coefficient (Wildman–Crippen LogP) is 2.54. The Bertz CT molecular complexity index is 712. The van der Waals surface area contributed by atoms with E-state index in [0.717, 1.165) is 5.56 Å². The second-order valence-electron chi connectivity index (χ2n) is 5.61. The van der Waals surface area contributed by atoms with Crippen molar-refractivity contribution in [3.63, 3.8) is 0 Å². The SMILES string of the molecule is O=S(=O)(NC(c1ccccc1)C(O)c1ccccc1)C1CC1. The van der Waals surface area contributed by atoms with Gasteiger partial charge in [-0.3, -0.25) is 0 Å². The number of hydrogen-bond donors (Lipinski definition) is 2. The van der Waals surface area contributed by atoms with Gasteiger partial charge in [-0.25, -0.2) is 13.1 Å². The van der Waals surface area contributed by atoms with E-state index in [1.807, 2.05) is 48.5 Å². The third kappa shape index (κ3) is 3.38. The van der Waals surface area contributed by atoms with E-state index in [2.05, 4.69) is 4.72 Å². The highest BCUT2D eigenvalue weighted by atomic mass is 32.2. The van der Waals surface area contributed by atoms with Crippen LogP contribution in [0.2, 0.25) is 0 Å². The quantitative estimate of drug-likeness (QED) is 0.860. The van der Waals surface area contributed by atoms with Gasteiger partial charge in [-0.05, 0) is 24.0 Å². The monoisotopic (exact) mass is 317 g/mol. The van der Waals surface area contributed by atoms with E-state index in [-0.39, 0.29) is 5.25 Å². The second kappa shape index (κ2) is 6.20. The minimum Gasteiger partial charge on any atom is -0.386 e. The summed E-state index contributed by atoms with van der Waals surface area (Å²) in [5.74, 6) is 0. The number of hydrogen-bond acceptors (Lipinski definition) is 3. The molecule has 2 unspecified atom stereocenters. The molecule has 0 aromatic heterocycles. The molecule has 2 N–H and O–H groups in total. The van der Waals surface area contributed by atoms with Crippen LogP contribution in [0.15, 0.2) is 60.7 Å². The first kappa shape index (κ1) is 15.2. The minimum absolute atomic E-state index is 0.318. The van der Waals surface area contributed by atoms with E-state index in [0.29, 0.717) is 18.4 Å². The van der Waals surface area contributed by atoms with Crippen LogP contribution in [0.4, 0.5) is 0 Å². The average Bonchev–Trinajstić information content (AvgIpc) is 3.39. The molecule has 1 saturated carbocycles. The molecule has 3 rings (SSSR count). The standard InChI is InChI=1S/C17H19NO3S/c19-17(14-9-5-2-6-10-14)16(13-7-3-1-4-8-13)18-22(20,21)15-11-12-15/h1-10,15-19H,11-12H2. The zero-order valence-corrected chi connectivity index (χ0v) is 12.9. The Morgan fingerprint density at radius 2 is 1.41 bits per heavy atom. The first-order chi connectivity index (χ1) is 10.6. The van der Waals surface area contributed by atoms with Crippen LogP contribution >= 0.6 is 0 Å². The van der Waals surface area contributed by atoms with Crippen molar-refractivity contribution in [1.29, 1.82) is 0 Å². The number of sulfonamides is 1. The maximum atomic E-state index is 12.3. The van der Waals surface area contributed by atoms with Crippen molar-refractivity contribution < 1.29 is 13.5 Å². The van der Waals surface area contributed by atoms with Crippen molar-refractivity contribution in [3.05, 3.63) is 71.8 Å². The number of benzene rings is 2. The summed E-state index contributed by atoms with van der Waals surface area (Å²) in [6.07, 6.45) is 0.452. The average molecular weight is 317 g/mol. The highest BCUT2D eigenvalue weighted by Crippen LogP contribution is 2.33. The Balaban J connectivity index is 1.92. The summed E-state index contributed by atoms with van der Waals surface area (Å²) in [6, 6.07) is 17.6. The topological polar surface area (TPSA) is 66.4 Å². The minimum atomic E-state index is -3.40. The Hall–Kier alpha value is -1.69. The van der Waals surface area contributed by atoms with E-state index >= 15 is 0 Å². The molecule has 116 valence electrons. The fraction of sp³-hybridized carbons (Fsp3) is 0.294. The van der Waals surface area contributed by atoms with Crippen molar-refractivity contribution in [2.24, 2.45) is 0 Å². The van der Waals surface area contributed by atoms with E-state index in [9.17, 15) is 13.5 Å². The Morgan fingerprint density at radius 3 is 1.91 bits per heavy atom. The van der Waals surface area contributed by atoms with Gasteiger partial charge in [0.15, 0.2) is 0 Å². The molecule has 1 fully saturated rings. The van der Waals surface area contributed by atoms with Crippen LogP contribution in [0.5, 0.6) is 0 Å². The molecule has 0 saturated heterocycles. The molecule has 2 aromatic carbocycles. The van der Waals surface area contributed by atoms with Gasteiger partial charge in [0.2, 0.25) is 10.0 Å². The fourth-order valence-electron chi connectivity index (χ4n) is 2.47. The first-order valence-corrected chi connectivity index (χ1v) is 8.91. The number of aliphatic hydroxyl groups excluding tert-OH is 1. The number of nitrogens with one attached hydrogen (secondary N) is 1. The third-order valence-corrected chi connectivity index (χ3v) is 5.80. The lowest BCUT2D eigenvalue weighted by Crippen LogP contribution is -2.34. The second-order valence-corrected chi connectivity index (χ2v) is 7.60. The fourth-order valence-corrected chi connectivity index (χ4v) is 4.04. The van der Waals surface area contributed by atoms with E-state index in [1.54, 1.807) is 12.1 Å². The molecule has 0 spiro atoms. The highest BCUT2D eigenvalue weighted by molar-refractivity contribution is 7.90. The third-order valence-electron chi connectivity index (χ3n) is 3.87. The number of rotatable bonds is 6. The van der Waals surface area contributed by atoms with Crippen molar-refractivity contribution in [3.8, 4) is 0 Å². The molecule has 0 radical (unpaired) electrons. The Labute approximate surface area is 130 Å². The van der Waals surface area contributed by atoms with Crippen LogP contribution in [0.3, 0.4) is 0 Å². The molecular formula is C17H19NO3S. The van der Waals surface area contributed by atoms with Gasteiger partial charge in [0.25, 0.3) is 0 Å². The molecule has 5 heteroatoms. The largest absolute Gasteiger partial charge is 0.386 e. The lowest BCUT2D eigenvalue weighted by molar-refractivity contribution is 0.139. The summed E-state index contributed by atoms with van der Waals surface area (Å²) < 4.78 is 27.3. The predicted molar refractivity (Wildman–Crippen MR) is 85.7 cm³/mol.